The van der Waals surface area contributed by atoms with Gasteiger partial charge in [-0.05, 0) is 42.5 Å². The van der Waals surface area contributed by atoms with E-state index in [1.165, 1.54) is 11.8 Å². The second kappa shape index (κ2) is 10.7. The third kappa shape index (κ3) is 5.75. The lowest BCUT2D eigenvalue weighted by atomic mass is 10.1. The van der Waals surface area contributed by atoms with Gasteiger partial charge in [-0.15, -0.1) is 11.8 Å². The van der Waals surface area contributed by atoms with E-state index in [-0.39, 0.29) is 6.54 Å². The lowest BCUT2D eigenvalue weighted by molar-refractivity contribution is -0.122. The minimum Gasteiger partial charge on any atom is -0.352 e. The fourth-order valence-corrected chi connectivity index (χ4v) is 4.16. The molecule has 3 N–H and O–H groups in total. The minimum atomic E-state index is -0.820. The molecule has 2 aromatic heterocycles. The number of hydrogen-bond acceptors (Lipinski definition) is 5. The molecule has 0 saturated heterocycles. The maximum Gasteiger partial charge on any atom is 0.252 e. The number of hydrogen-bond donors (Lipinski definition) is 3. The molecule has 0 saturated carbocycles. The van der Waals surface area contributed by atoms with Crippen LogP contribution in [0.4, 0.5) is 4.39 Å². The number of halogens is 1. The van der Waals surface area contributed by atoms with Crippen LogP contribution in [0.5, 0.6) is 0 Å². The number of thioether (sulfide) groups is 1. The van der Waals surface area contributed by atoms with E-state index in [0.717, 1.165) is 16.0 Å². The van der Waals surface area contributed by atoms with Crippen molar-refractivity contribution < 1.29 is 14.0 Å². The average Bonchev–Trinajstić information content (AvgIpc) is 3.29. The van der Waals surface area contributed by atoms with E-state index in [9.17, 15) is 14.0 Å². The standard InChI is InChI=1S/C24H22FN5O2S/c25-10-13-27-24(32)21(15-33-18-4-2-1-3-5-18)30-23(31)17-6-7-19-20(14-17)29-22(28-19)16-8-11-26-12-9-16/h1-9,11-12,14,21H,10,13,15H2,(H,27,32)(H,28,29)(H,30,31). The summed E-state index contributed by atoms with van der Waals surface area (Å²) in [5.41, 5.74) is 2.69. The van der Waals surface area contributed by atoms with Crippen LogP contribution in [0.1, 0.15) is 10.4 Å². The predicted octanol–water partition coefficient (Wildman–Crippen LogP) is 3.60. The molecule has 33 heavy (non-hydrogen) atoms. The monoisotopic (exact) mass is 463 g/mol. The molecule has 2 heterocycles. The van der Waals surface area contributed by atoms with E-state index in [0.29, 0.717) is 22.7 Å². The topological polar surface area (TPSA) is 99.8 Å². The Morgan fingerprint density at radius 3 is 2.61 bits per heavy atom. The van der Waals surface area contributed by atoms with Crippen LogP contribution >= 0.6 is 11.8 Å². The number of nitrogens with zero attached hydrogens (tertiary/aromatic N) is 2. The number of benzene rings is 2. The fourth-order valence-electron chi connectivity index (χ4n) is 3.21. The summed E-state index contributed by atoms with van der Waals surface area (Å²) in [5, 5.41) is 5.29. The highest BCUT2D eigenvalue weighted by atomic mass is 32.2. The molecule has 2 aromatic carbocycles. The molecule has 2 amide bonds. The highest BCUT2D eigenvalue weighted by Crippen LogP contribution is 2.21. The van der Waals surface area contributed by atoms with Crippen molar-refractivity contribution in [3.8, 4) is 11.4 Å². The number of carbonyl (C=O) groups is 2. The predicted molar refractivity (Wildman–Crippen MR) is 127 cm³/mol. The van der Waals surface area contributed by atoms with Crippen LogP contribution in [0, 0.1) is 0 Å². The van der Waals surface area contributed by atoms with Crippen molar-refractivity contribution in [3.05, 3.63) is 78.6 Å². The quantitative estimate of drug-likeness (QED) is 0.330. The molecule has 0 bridgehead atoms. The first kappa shape index (κ1) is 22.5. The minimum absolute atomic E-state index is 0.0981. The molecule has 0 spiro atoms. The molecule has 0 aliphatic carbocycles. The van der Waals surface area contributed by atoms with Gasteiger partial charge in [-0.25, -0.2) is 9.37 Å². The molecule has 168 valence electrons. The number of aromatic nitrogens is 3. The van der Waals surface area contributed by atoms with E-state index in [1.807, 2.05) is 42.5 Å². The third-order valence-electron chi connectivity index (χ3n) is 4.87. The van der Waals surface area contributed by atoms with Gasteiger partial charge in [0.05, 0.1) is 11.0 Å². The average molecular weight is 464 g/mol. The summed E-state index contributed by atoms with van der Waals surface area (Å²) in [7, 11) is 0. The van der Waals surface area contributed by atoms with E-state index in [4.69, 9.17) is 0 Å². The molecule has 4 aromatic rings. The molecule has 7 nitrogen and oxygen atoms in total. The summed E-state index contributed by atoms with van der Waals surface area (Å²) in [6.45, 7) is -0.770. The summed E-state index contributed by atoms with van der Waals surface area (Å²) in [6.07, 6.45) is 3.37. The van der Waals surface area contributed by atoms with E-state index in [1.54, 1.807) is 30.6 Å². The van der Waals surface area contributed by atoms with Crippen LogP contribution in [0.2, 0.25) is 0 Å². The number of aromatic amines is 1. The number of H-pyrrole nitrogens is 1. The van der Waals surface area contributed by atoms with Crippen molar-refractivity contribution in [1.29, 1.82) is 0 Å². The molecule has 4 rings (SSSR count). The van der Waals surface area contributed by atoms with Crippen molar-refractivity contribution in [1.82, 2.24) is 25.6 Å². The van der Waals surface area contributed by atoms with Crippen LogP contribution in [0.3, 0.4) is 0 Å². The Kier molecular flexibility index (Phi) is 7.31. The molecule has 0 aliphatic heterocycles. The van der Waals surface area contributed by atoms with Crippen LogP contribution in [-0.4, -0.2) is 51.8 Å². The van der Waals surface area contributed by atoms with Gasteiger partial charge in [0.25, 0.3) is 5.91 Å². The van der Waals surface area contributed by atoms with Gasteiger partial charge in [0.1, 0.15) is 18.5 Å². The van der Waals surface area contributed by atoms with Gasteiger partial charge in [-0.3, -0.25) is 14.6 Å². The number of fused-ring (bicyclic) bond motifs is 1. The molecule has 0 aliphatic rings. The molecular formula is C24H22FN5O2S. The smallest absolute Gasteiger partial charge is 0.252 e. The number of amides is 2. The third-order valence-corrected chi connectivity index (χ3v) is 5.98. The van der Waals surface area contributed by atoms with Gasteiger partial charge in [0.2, 0.25) is 5.91 Å². The second-order valence-electron chi connectivity index (χ2n) is 7.18. The lowest BCUT2D eigenvalue weighted by Gasteiger charge is -2.18. The van der Waals surface area contributed by atoms with E-state index in [2.05, 4.69) is 25.6 Å². The van der Waals surface area contributed by atoms with Crippen LogP contribution in [0.15, 0.2) is 78.0 Å². The lowest BCUT2D eigenvalue weighted by Crippen LogP contribution is -2.48. The number of alkyl halides is 1. The Bertz CT molecular complexity index is 1230. The Labute approximate surface area is 194 Å². The zero-order valence-corrected chi connectivity index (χ0v) is 18.4. The van der Waals surface area contributed by atoms with Crippen molar-refractivity contribution in [2.75, 3.05) is 19.0 Å². The van der Waals surface area contributed by atoms with Crippen molar-refractivity contribution in [2.45, 2.75) is 10.9 Å². The maximum atomic E-state index is 12.9. The first-order valence-corrected chi connectivity index (χ1v) is 11.3. The van der Waals surface area contributed by atoms with Crippen LogP contribution in [0.25, 0.3) is 22.4 Å². The second-order valence-corrected chi connectivity index (χ2v) is 8.28. The number of nitrogens with one attached hydrogen (secondary N) is 3. The largest absolute Gasteiger partial charge is 0.352 e. The SMILES string of the molecule is O=C(NC(CSc1ccccc1)C(=O)NCCF)c1ccc2nc(-c3ccncc3)[nH]c2c1. The molecule has 1 unspecified atom stereocenters. The van der Waals surface area contributed by atoms with Crippen molar-refractivity contribution in [3.63, 3.8) is 0 Å². The zero-order chi connectivity index (χ0) is 23.0. The molecular weight excluding hydrogens is 441 g/mol. The van der Waals surface area contributed by atoms with Gasteiger partial charge in [0.15, 0.2) is 0 Å². The first-order valence-electron chi connectivity index (χ1n) is 10.4. The fraction of sp³-hybridized carbons (Fsp3) is 0.167. The van der Waals surface area contributed by atoms with Crippen molar-refractivity contribution >= 4 is 34.6 Å². The summed E-state index contributed by atoms with van der Waals surface area (Å²) < 4.78 is 12.5. The highest BCUT2D eigenvalue weighted by Gasteiger charge is 2.22. The van der Waals surface area contributed by atoms with Gasteiger partial charge in [-0.2, -0.15) is 0 Å². The van der Waals surface area contributed by atoms with E-state index < -0.39 is 24.5 Å². The van der Waals surface area contributed by atoms with Crippen LogP contribution in [-0.2, 0) is 4.79 Å². The summed E-state index contributed by atoms with van der Waals surface area (Å²) in [5.74, 6) is 0.164. The normalized spacial score (nSPS) is 11.8. The van der Waals surface area contributed by atoms with Crippen LogP contribution < -0.4 is 10.6 Å². The Balaban J connectivity index is 1.50. The highest BCUT2D eigenvalue weighted by molar-refractivity contribution is 7.99. The zero-order valence-electron chi connectivity index (χ0n) is 17.6. The number of pyridine rings is 1. The Hall–Kier alpha value is -3.72. The summed E-state index contributed by atoms with van der Waals surface area (Å²) >= 11 is 1.44. The van der Waals surface area contributed by atoms with Gasteiger partial charge in [-0.1, -0.05) is 18.2 Å². The number of imidazole rings is 1. The summed E-state index contributed by atoms with van der Waals surface area (Å²) in [4.78, 5) is 38.2. The summed E-state index contributed by atoms with van der Waals surface area (Å²) in [6, 6.07) is 17.5. The Morgan fingerprint density at radius 1 is 1.06 bits per heavy atom. The molecule has 1 atom stereocenters. The van der Waals surface area contributed by atoms with Gasteiger partial charge in [0, 0.05) is 40.7 Å². The number of rotatable bonds is 9. The van der Waals surface area contributed by atoms with E-state index >= 15 is 0 Å². The molecule has 9 heteroatoms. The van der Waals surface area contributed by atoms with Crippen molar-refractivity contribution in [2.24, 2.45) is 0 Å². The number of carbonyl (C=O) groups excluding carboxylic acids is 2. The maximum absolute atomic E-state index is 12.9. The molecule has 0 fully saturated rings. The van der Waals surface area contributed by atoms with Gasteiger partial charge < -0.3 is 15.6 Å². The Morgan fingerprint density at radius 2 is 1.85 bits per heavy atom. The molecule has 0 radical (unpaired) electrons. The first-order chi connectivity index (χ1) is 16.1. The van der Waals surface area contributed by atoms with Gasteiger partial charge >= 0.3 is 0 Å².